The summed E-state index contributed by atoms with van der Waals surface area (Å²) in [4.78, 5) is 9.28. The van der Waals surface area contributed by atoms with Gasteiger partial charge in [-0.05, 0) is 51.0 Å². The Balaban J connectivity index is 1.68. The number of fused-ring (bicyclic) bond motifs is 1. The molecule has 2 aromatic carbocycles. The average Bonchev–Trinajstić information content (AvgIpc) is 3.28. The molecule has 2 aromatic heterocycles. The van der Waals surface area contributed by atoms with E-state index in [1.54, 1.807) is 7.11 Å². The van der Waals surface area contributed by atoms with E-state index in [2.05, 4.69) is 64.7 Å². The SMILES string of the molecule is CCOc1cc2c(NC(C)c3cccc(-c4cnn(CC)c4)c3)nc(C)nc2cc1OC. The van der Waals surface area contributed by atoms with Crippen LogP contribution in [0.15, 0.2) is 48.8 Å². The second-order valence-corrected chi connectivity index (χ2v) is 7.65. The molecule has 7 heteroatoms. The van der Waals surface area contributed by atoms with Gasteiger partial charge in [-0.25, -0.2) is 9.97 Å². The Kier molecular flexibility index (Phi) is 6.25. The standard InChI is InChI=1S/C25H29N5O2/c1-6-30-15-20(14-26-30)19-10-8-9-18(11-19)16(3)27-25-21-12-24(32-7-2)23(31-5)13-22(21)28-17(4)29-25/h8-16H,6-7H2,1-5H3,(H,27,28,29). The van der Waals surface area contributed by atoms with E-state index in [4.69, 9.17) is 9.47 Å². The third-order valence-electron chi connectivity index (χ3n) is 5.42. The third kappa shape index (κ3) is 4.37. The second-order valence-electron chi connectivity index (χ2n) is 7.65. The predicted molar refractivity (Wildman–Crippen MR) is 127 cm³/mol. The molecule has 0 aliphatic rings. The topological polar surface area (TPSA) is 74.1 Å². The molecule has 0 saturated heterocycles. The van der Waals surface area contributed by atoms with Gasteiger partial charge in [-0.2, -0.15) is 5.10 Å². The van der Waals surface area contributed by atoms with Crippen LogP contribution in [0.1, 0.15) is 38.2 Å². The van der Waals surface area contributed by atoms with Crippen LogP contribution in [0.2, 0.25) is 0 Å². The minimum absolute atomic E-state index is 0.0336. The molecule has 0 saturated carbocycles. The normalized spacial score (nSPS) is 12.0. The molecule has 4 aromatic rings. The van der Waals surface area contributed by atoms with Gasteiger partial charge in [0.25, 0.3) is 0 Å². The number of methoxy groups -OCH3 is 1. The lowest BCUT2D eigenvalue weighted by Crippen LogP contribution is -2.10. The summed E-state index contributed by atoms with van der Waals surface area (Å²) in [7, 11) is 1.64. The fourth-order valence-corrected chi connectivity index (χ4v) is 3.75. The van der Waals surface area contributed by atoms with Crippen LogP contribution in [-0.4, -0.2) is 33.5 Å². The summed E-state index contributed by atoms with van der Waals surface area (Å²) < 4.78 is 13.2. The summed E-state index contributed by atoms with van der Waals surface area (Å²) in [5.41, 5.74) is 4.23. The molecule has 0 amide bonds. The Morgan fingerprint density at radius 3 is 2.62 bits per heavy atom. The summed E-state index contributed by atoms with van der Waals surface area (Å²) >= 11 is 0. The maximum Gasteiger partial charge on any atom is 0.162 e. The van der Waals surface area contributed by atoms with E-state index in [0.717, 1.165) is 40.0 Å². The van der Waals surface area contributed by atoms with E-state index in [0.29, 0.717) is 23.9 Å². The average molecular weight is 432 g/mol. The lowest BCUT2D eigenvalue weighted by atomic mass is 10.0. The number of ether oxygens (including phenoxy) is 2. The number of rotatable bonds is 8. The van der Waals surface area contributed by atoms with Crippen molar-refractivity contribution in [3.05, 3.63) is 60.2 Å². The van der Waals surface area contributed by atoms with Crippen molar-refractivity contribution in [2.75, 3.05) is 19.0 Å². The van der Waals surface area contributed by atoms with Crippen molar-refractivity contribution in [2.45, 2.75) is 40.3 Å². The van der Waals surface area contributed by atoms with Crippen molar-refractivity contribution in [1.82, 2.24) is 19.7 Å². The van der Waals surface area contributed by atoms with Crippen molar-refractivity contribution in [1.29, 1.82) is 0 Å². The molecule has 1 atom stereocenters. The maximum absolute atomic E-state index is 5.77. The number of benzene rings is 2. The number of aromatic nitrogens is 4. The molecule has 0 radical (unpaired) electrons. The van der Waals surface area contributed by atoms with Crippen LogP contribution in [0.25, 0.3) is 22.0 Å². The molecule has 0 aliphatic carbocycles. The van der Waals surface area contributed by atoms with Crippen LogP contribution in [0.5, 0.6) is 11.5 Å². The number of hydrogen-bond donors (Lipinski definition) is 1. The molecule has 4 rings (SSSR count). The van der Waals surface area contributed by atoms with Gasteiger partial charge < -0.3 is 14.8 Å². The van der Waals surface area contributed by atoms with Gasteiger partial charge in [0.2, 0.25) is 0 Å². The van der Waals surface area contributed by atoms with Gasteiger partial charge in [-0.15, -0.1) is 0 Å². The van der Waals surface area contributed by atoms with E-state index in [9.17, 15) is 0 Å². The highest BCUT2D eigenvalue weighted by molar-refractivity contribution is 5.92. The fourth-order valence-electron chi connectivity index (χ4n) is 3.75. The summed E-state index contributed by atoms with van der Waals surface area (Å²) in [6, 6.07) is 12.4. The molecule has 0 fully saturated rings. The minimum Gasteiger partial charge on any atom is -0.493 e. The summed E-state index contributed by atoms with van der Waals surface area (Å²) in [5, 5.41) is 8.87. The van der Waals surface area contributed by atoms with Crippen LogP contribution in [0, 0.1) is 6.92 Å². The highest BCUT2D eigenvalue weighted by Crippen LogP contribution is 2.35. The second kappa shape index (κ2) is 9.26. The number of nitrogens with zero attached hydrogens (tertiary/aromatic N) is 4. The molecule has 7 nitrogen and oxygen atoms in total. The van der Waals surface area contributed by atoms with Crippen LogP contribution in [0.3, 0.4) is 0 Å². The first-order valence-electron chi connectivity index (χ1n) is 10.9. The van der Waals surface area contributed by atoms with Crippen molar-refractivity contribution < 1.29 is 9.47 Å². The van der Waals surface area contributed by atoms with Gasteiger partial charge in [0.15, 0.2) is 11.5 Å². The van der Waals surface area contributed by atoms with Crippen LogP contribution in [0.4, 0.5) is 5.82 Å². The Labute approximate surface area is 188 Å². The molecule has 32 heavy (non-hydrogen) atoms. The first-order chi connectivity index (χ1) is 15.5. The monoisotopic (exact) mass is 431 g/mol. The molecule has 2 heterocycles. The highest BCUT2D eigenvalue weighted by Gasteiger charge is 2.15. The fraction of sp³-hybridized carbons (Fsp3) is 0.320. The van der Waals surface area contributed by atoms with Gasteiger partial charge in [0.1, 0.15) is 11.6 Å². The largest absolute Gasteiger partial charge is 0.493 e. The number of anilines is 1. The lowest BCUT2D eigenvalue weighted by Gasteiger charge is -2.18. The van der Waals surface area contributed by atoms with Gasteiger partial charge in [0.05, 0.1) is 25.4 Å². The van der Waals surface area contributed by atoms with Gasteiger partial charge >= 0.3 is 0 Å². The quantitative estimate of drug-likeness (QED) is 0.402. The van der Waals surface area contributed by atoms with Crippen molar-refractivity contribution in [2.24, 2.45) is 0 Å². The smallest absolute Gasteiger partial charge is 0.162 e. The Morgan fingerprint density at radius 2 is 1.91 bits per heavy atom. The lowest BCUT2D eigenvalue weighted by molar-refractivity contribution is 0.311. The number of aryl methyl sites for hydroxylation is 2. The zero-order chi connectivity index (χ0) is 22.7. The minimum atomic E-state index is 0.0336. The summed E-state index contributed by atoms with van der Waals surface area (Å²) in [5.74, 6) is 2.81. The molecule has 1 N–H and O–H groups in total. The summed E-state index contributed by atoms with van der Waals surface area (Å²) in [6.45, 7) is 9.46. The zero-order valence-electron chi connectivity index (χ0n) is 19.2. The van der Waals surface area contributed by atoms with Crippen molar-refractivity contribution in [3.8, 4) is 22.6 Å². The first-order valence-corrected chi connectivity index (χ1v) is 10.9. The Morgan fingerprint density at radius 1 is 1.06 bits per heavy atom. The first kappa shape index (κ1) is 21.6. The van der Waals surface area contributed by atoms with Gasteiger partial charge in [0, 0.05) is 35.8 Å². The molecular formula is C25H29N5O2. The van der Waals surface area contributed by atoms with Crippen LogP contribution < -0.4 is 14.8 Å². The van der Waals surface area contributed by atoms with Gasteiger partial charge in [-0.3, -0.25) is 4.68 Å². The molecular weight excluding hydrogens is 402 g/mol. The highest BCUT2D eigenvalue weighted by atomic mass is 16.5. The summed E-state index contributed by atoms with van der Waals surface area (Å²) in [6.07, 6.45) is 3.98. The maximum atomic E-state index is 5.77. The van der Waals surface area contributed by atoms with E-state index < -0.39 is 0 Å². The Hall–Kier alpha value is -3.61. The predicted octanol–water partition coefficient (Wildman–Crippen LogP) is 5.40. The van der Waals surface area contributed by atoms with Crippen molar-refractivity contribution in [3.63, 3.8) is 0 Å². The van der Waals surface area contributed by atoms with E-state index in [-0.39, 0.29) is 6.04 Å². The van der Waals surface area contributed by atoms with Crippen LogP contribution in [-0.2, 0) is 6.54 Å². The van der Waals surface area contributed by atoms with Crippen LogP contribution >= 0.6 is 0 Å². The van der Waals surface area contributed by atoms with E-state index >= 15 is 0 Å². The molecule has 1 unspecified atom stereocenters. The van der Waals surface area contributed by atoms with E-state index in [1.807, 2.05) is 36.9 Å². The number of nitrogens with one attached hydrogen (secondary N) is 1. The Bertz CT molecular complexity index is 1230. The van der Waals surface area contributed by atoms with E-state index in [1.165, 1.54) is 0 Å². The van der Waals surface area contributed by atoms with Crippen molar-refractivity contribution >= 4 is 16.7 Å². The zero-order valence-corrected chi connectivity index (χ0v) is 19.2. The molecule has 166 valence electrons. The third-order valence-corrected chi connectivity index (χ3v) is 5.42. The molecule has 0 bridgehead atoms. The molecule has 0 aliphatic heterocycles. The van der Waals surface area contributed by atoms with Gasteiger partial charge in [-0.1, -0.05) is 18.2 Å². The molecule has 0 spiro atoms. The number of hydrogen-bond acceptors (Lipinski definition) is 6.